The normalized spacial score (nSPS) is 20.6. The number of hydrogen-bond donors (Lipinski definition) is 1. The molecule has 0 spiro atoms. The maximum absolute atomic E-state index is 13.0. The molecule has 0 aromatic heterocycles. The molecule has 1 aromatic carbocycles. The predicted octanol–water partition coefficient (Wildman–Crippen LogP) is 0.216. The first-order valence-corrected chi connectivity index (χ1v) is 9.60. The molecule has 1 aromatic rings. The Hall–Kier alpha value is -2.98. The summed E-state index contributed by atoms with van der Waals surface area (Å²) in [6.07, 6.45) is -3.23. The molecule has 0 aliphatic carbocycles. The molecule has 2 fully saturated rings. The first-order valence-electron chi connectivity index (χ1n) is 9.60. The van der Waals surface area contributed by atoms with Crippen LogP contribution in [0.4, 0.5) is 5.69 Å². The van der Waals surface area contributed by atoms with E-state index in [2.05, 4.69) is 0 Å². The SMILES string of the molecule is CC(=O)OC(C(=O)O)C1OCCN(c2cc(C(=O)N3CCOCC3)ccc2C)C1=O. The fourth-order valence-electron chi connectivity index (χ4n) is 3.46. The Morgan fingerprint density at radius 1 is 1.17 bits per heavy atom. The third-order valence-corrected chi connectivity index (χ3v) is 4.98. The monoisotopic (exact) mass is 420 g/mol. The molecule has 3 rings (SSSR count). The highest BCUT2D eigenvalue weighted by atomic mass is 16.6. The Bertz CT molecular complexity index is 849. The van der Waals surface area contributed by atoms with Gasteiger partial charge in [0, 0.05) is 37.8 Å². The van der Waals surface area contributed by atoms with Gasteiger partial charge < -0.3 is 29.1 Å². The lowest BCUT2D eigenvalue weighted by atomic mass is 10.0. The number of esters is 1. The number of carbonyl (C=O) groups excluding carboxylic acids is 3. The summed E-state index contributed by atoms with van der Waals surface area (Å²) in [5.41, 5.74) is 1.64. The number of aliphatic carboxylic acids is 1. The lowest BCUT2D eigenvalue weighted by molar-refractivity contribution is -0.177. The average molecular weight is 420 g/mol. The summed E-state index contributed by atoms with van der Waals surface area (Å²) < 4.78 is 15.4. The zero-order valence-electron chi connectivity index (χ0n) is 16.8. The summed E-state index contributed by atoms with van der Waals surface area (Å²) in [6.45, 7) is 5.01. The van der Waals surface area contributed by atoms with E-state index in [1.165, 1.54) is 4.90 Å². The van der Waals surface area contributed by atoms with Crippen LogP contribution in [0.15, 0.2) is 18.2 Å². The molecule has 2 atom stereocenters. The second-order valence-corrected chi connectivity index (χ2v) is 7.06. The van der Waals surface area contributed by atoms with Crippen LogP contribution < -0.4 is 4.90 Å². The van der Waals surface area contributed by atoms with E-state index in [4.69, 9.17) is 14.2 Å². The molecule has 0 radical (unpaired) electrons. The molecule has 2 unspecified atom stereocenters. The first kappa shape index (κ1) is 21.7. The number of morpholine rings is 2. The number of benzene rings is 1. The van der Waals surface area contributed by atoms with Gasteiger partial charge in [0.15, 0.2) is 6.10 Å². The van der Waals surface area contributed by atoms with Crippen molar-refractivity contribution in [3.63, 3.8) is 0 Å². The average Bonchev–Trinajstić information content (AvgIpc) is 2.73. The van der Waals surface area contributed by atoms with Crippen LogP contribution in [0, 0.1) is 6.92 Å². The number of carbonyl (C=O) groups is 4. The van der Waals surface area contributed by atoms with Crippen molar-refractivity contribution in [3.8, 4) is 0 Å². The van der Waals surface area contributed by atoms with Crippen LogP contribution in [0.25, 0.3) is 0 Å². The van der Waals surface area contributed by atoms with Crippen molar-refractivity contribution in [1.82, 2.24) is 4.90 Å². The Morgan fingerprint density at radius 2 is 1.87 bits per heavy atom. The highest BCUT2D eigenvalue weighted by Gasteiger charge is 2.43. The topological polar surface area (TPSA) is 123 Å². The third kappa shape index (κ3) is 4.60. The fourth-order valence-corrected chi connectivity index (χ4v) is 3.46. The molecule has 0 bridgehead atoms. The molecule has 2 amide bonds. The smallest absolute Gasteiger partial charge is 0.348 e. The summed E-state index contributed by atoms with van der Waals surface area (Å²) in [5, 5.41) is 9.38. The molecule has 10 nitrogen and oxygen atoms in total. The summed E-state index contributed by atoms with van der Waals surface area (Å²) in [4.78, 5) is 51.7. The molecular formula is C20H24N2O8. The first-order chi connectivity index (χ1) is 14.3. The van der Waals surface area contributed by atoms with Gasteiger partial charge in [-0.3, -0.25) is 14.4 Å². The van der Waals surface area contributed by atoms with Gasteiger partial charge in [0.1, 0.15) is 0 Å². The molecular weight excluding hydrogens is 396 g/mol. The second-order valence-electron chi connectivity index (χ2n) is 7.06. The van der Waals surface area contributed by atoms with E-state index in [-0.39, 0.29) is 19.1 Å². The largest absolute Gasteiger partial charge is 0.478 e. The van der Waals surface area contributed by atoms with Gasteiger partial charge in [-0.15, -0.1) is 0 Å². The number of ether oxygens (including phenoxy) is 3. The number of aryl methyl sites for hydroxylation is 1. The van der Waals surface area contributed by atoms with Crippen molar-refractivity contribution >= 4 is 29.4 Å². The minimum atomic E-state index is -1.75. The molecule has 0 saturated carbocycles. The molecule has 30 heavy (non-hydrogen) atoms. The van der Waals surface area contributed by atoms with Gasteiger partial charge in [0.25, 0.3) is 11.8 Å². The third-order valence-electron chi connectivity index (χ3n) is 4.98. The van der Waals surface area contributed by atoms with Gasteiger partial charge in [-0.05, 0) is 24.6 Å². The number of rotatable bonds is 5. The summed E-state index contributed by atoms with van der Waals surface area (Å²) >= 11 is 0. The van der Waals surface area contributed by atoms with Crippen LogP contribution >= 0.6 is 0 Å². The van der Waals surface area contributed by atoms with Gasteiger partial charge >= 0.3 is 11.9 Å². The Kier molecular flexibility index (Phi) is 6.68. The van der Waals surface area contributed by atoms with Crippen molar-refractivity contribution in [1.29, 1.82) is 0 Å². The van der Waals surface area contributed by atoms with Crippen molar-refractivity contribution in [2.24, 2.45) is 0 Å². The van der Waals surface area contributed by atoms with Crippen LogP contribution in [0.5, 0.6) is 0 Å². The molecule has 2 aliphatic rings. The highest BCUT2D eigenvalue weighted by Crippen LogP contribution is 2.27. The summed E-state index contributed by atoms with van der Waals surface area (Å²) in [6, 6.07) is 5.05. The fraction of sp³-hybridized carbons (Fsp3) is 0.500. The van der Waals surface area contributed by atoms with E-state index in [0.29, 0.717) is 37.6 Å². The molecule has 2 heterocycles. The zero-order chi connectivity index (χ0) is 21.8. The molecule has 10 heteroatoms. The van der Waals surface area contributed by atoms with Crippen LogP contribution in [0.1, 0.15) is 22.8 Å². The number of amides is 2. The van der Waals surface area contributed by atoms with Crippen molar-refractivity contribution in [2.45, 2.75) is 26.1 Å². The standard InChI is InChI=1S/C20H24N2O8/c1-12-3-4-14(18(24)21-5-8-28-9-6-21)11-15(12)22-7-10-29-16(19(22)25)17(20(26)27)30-13(2)23/h3-4,11,16-17H,5-10H2,1-2H3,(H,26,27). The van der Waals surface area contributed by atoms with Crippen molar-refractivity contribution in [3.05, 3.63) is 29.3 Å². The van der Waals surface area contributed by atoms with E-state index < -0.39 is 30.1 Å². The molecule has 162 valence electrons. The number of hydrogen-bond acceptors (Lipinski definition) is 7. The lowest BCUT2D eigenvalue weighted by Crippen LogP contribution is -2.55. The number of nitrogens with zero attached hydrogens (tertiary/aromatic N) is 2. The minimum Gasteiger partial charge on any atom is -0.478 e. The van der Waals surface area contributed by atoms with Crippen LogP contribution in [0.3, 0.4) is 0 Å². The van der Waals surface area contributed by atoms with Gasteiger partial charge in [-0.1, -0.05) is 6.07 Å². The van der Waals surface area contributed by atoms with Crippen molar-refractivity contribution < 1.29 is 38.5 Å². The van der Waals surface area contributed by atoms with Gasteiger partial charge in [0.2, 0.25) is 6.10 Å². The van der Waals surface area contributed by atoms with E-state index in [0.717, 1.165) is 12.5 Å². The Labute approximate surface area is 173 Å². The molecule has 2 aliphatic heterocycles. The maximum atomic E-state index is 13.0. The second kappa shape index (κ2) is 9.23. The van der Waals surface area contributed by atoms with Gasteiger partial charge in [0.05, 0.1) is 19.8 Å². The minimum absolute atomic E-state index is 0.0581. The number of carboxylic acid groups (broad SMARTS) is 1. The predicted molar refractivity (Wildman–Crippen MR) is 103 cm³/mol. The van der Waals surface area contributed by atoms with Crippen LogP contribution in [-0.4, -0.2) is 85.4 Å². The van der Waals surface area contributed by atoms with Gasteiger partial charge in [-0.2, -0.15) is 0 Å². The quantitative estimate of drug-likeness (QED) is 0.671. The van der Waals surface area contributed by atoms with E-state index in [1.54, 1.807) is 30.0 Å². The maximum Gasteiger partial charge on any atom is 0.348 e. The Balaban J connectivity index is 1.86. The Morgan fingerprint density at radius 3 is 2.50 bits per heavy atom. The zero-order valence-corrected chi connectivity index (χ0v) is 16.8. The summed E-state index contributed by atoms with van der Waals surface area (Å²) in [7, 11) is 0. The summed E-state index contributed by atoms with van der Waals surface area (Å²) in [5.74, 6) is -3.11. The number of carboxylic acids is 1. The van der Waals surface area contributed by atoms with E-state index >= 15 is 0 Å². The molecule has 1 N–H and O–H groups in total. The van der Waals surface area contributed by atoms with E-state index in [1.807, 2.05) is 0 Å². The van der Waals surface area contributed by atoms with Crippen molar-refractivity contribution in [2.75, 3.05) is 44.4 Å². The highest BCUT2D eigenvalue weighted by molar-refractivity contribution is 6.02. The van der Waals surface area contributed by atoms with Crippen LogP contribution in [-0.2, 0) is 28.6 Å². The molecule has 2 saturated heterocycles. The number of anilines is 1. The van der Waals surface area contributed by atoms with E-state index in [9.17, 15) is 24.3 Å². The lowest BCUT2D eigenvalue weighted by Gasteiger charge is -2.35. The van der Waals surface area contributed by atoms with Crippen LogP contribution in [0.2, 0.25) is 0 Å². The van der Waals surface area contributed by atoms with Gasteiger partial charge in [-0.25, -0.2) is 4.79 Å².